The summed E-state index contributed by atoms with van der Waals surface area (Å²) in [5.74, 6) is 1.27. The topological polar surface area (TPSA) is 73.2 Å². The fourth-order valence-electron chi connectivity index (χ4n) is 5.24. The smallest absolute Gasteiger partial charge is 0.120 e. The predicted octanol–water partition coefficient (Wildman–Crippen LogP) is 2.44. The van der Waals surface area contributed by atoms with E-state index in [4.69, 9.17) is 10.7 Å². The largest absolute Gasteiger partial charge is 0.399 e. The van der Waals surface area contributed by atoms with Crippen molar-refractivity contribution in [1.82, 2.24) is 25.1 Å². The van der Waals surface area contributed by atoms with Gasteiger partial charge in [-0.25, -0.2) is 4.98 Å². The van der Waals surface area contributed by atoms with Crippen LogP contribution in [0.3, 0.4) is 0 Å². The molecule has 0 radical (unpaired) electrons. The van der Waals surface area contributed by atoms with Crippen molar-refractivity contribution < 1.29 is 0 Å². The fourth-order valence-corrected chi connectivity index (χ4v) is 5.24. The number of nitrogens with one attached hydrogen (secondary N) is 2. The summed E-state index contributed by atoms with van der Waals surface area (Å²) >= 11 is 0. The molecule has 3 unspecified atom stereocenters. The monoisotopic (exact) mass is 400 g/mol. The lowest BCUT2D eigenvalue weighted by atomic mass is 9.93. The van der Waals surface area contributed by atoms with E-state index in [0.29, 0.717) is 5.92 Å². The van der Waals surface area contributed by atoms with E-state index < -0.39 is 0 Å². The Bertz CT molecular complexity index is 1100. The molecule has 6 nitrogen and oxygen atoms in total. The number of H-pyrrole nitrogens is 1. The number of hydrogen-bond donors (Lipinski definition) is 3. The molecule has 154 valence electrons. The molecule has 1 aromatic carbocycles. The normalized spacial score (nSPS) is 31.2. The van der Waals surface area contributed by atoms with Gasteiger partial charge in [-0.05, 0) is 37.8 Å². The van der Waals surface area contributed by atoms with E-state index in [2.05, 4.69) is 58.0 Å². The number of imidazole rings is 1. The number of rotatable bonds is 2. The van der Waals surface area contributed by atoms with Crippen molar-refractivity contribution in [2.45, 2.75) is 17.9 Å². The lowest BCUT2D eigenvalue weighted by molar-refractivity contribution is 0.189. The van der Waals surface area contributed by atoms with Crippen LogP contribution in [0.15, 0.2) is 71.7 Å². The molecule has 4 aliphatic rings. The molecule has 1 aromatic heterocycles. The molecule has 0 bridgehead atoms. The Morgan fingerprint density at radius 1 is 1.17 bits per heavy atom. The Balaban J connectivity index is 1.36. The van der Waals surface area contributed by atoms with Gasteiger partial charge >= 0.3 is 0 Å². The SMILES string of the molecule is C=C1NC23CC2C=C(N2CCN(C)CC2)C=C3C(N)=CC1c1nc2ccccc2[nH]1. The summed E-state index contributed by atoms with van der Waals surface area (Å²) in [5.41, 5.74) is 12.9. The van der Waals surface area contributed by atoms with Crippen LogP contribution in [-0.4, -0.2) is 58.5 Å². The maximum absolute atomic E-state index is 6.72. The number of aromatic nitrogens is 2. The highest BCUT2D eigenvalue weighted by Gasteiger charge is 2.59. The Morgan fingerprint density at radius 3 is 2.77 bits per heavy atom. The van der Waals surface area contributed by atoms with Gasteiger partial charge in [0.15, 0.2) is 0 Å². The lowest BCUT2D eigenvalue weighted by Gasteiger charge is -2.37. The molecule has 2 aliphatic carbocycles. The maximum atomic E-state index is 6.72. The van der Waals surface area contributed by atoms with Gasteiger partial charge in [-0.3, -0.25) is 0 Å². The summed E-state index contributed by atoms with van der Waals surface area (Å²) in [7, 11) is 2.19. The molecular weight excluding hydrogens is 372 g/mol. The molecule has 0 amide bonds. The second-order valence-electron chi connectivity index (χ2n) is 9.11. The van der Waals surface area contributed by atoms with Crippen molar-refractivity contribution in [3.8, 4) is 0 Å². The molecule has 1 saturated carbocycles. The van der Waals surface area contributed by atoms with Crippen molar-refractivity contribution in [2.75, 3.05) is 33.2 Å². The number of benzene rings is 1. The van der Waals surface area contributed by atoms with Gasteiger partial charge < -0.3 is 25.8 Å². The first-order valence-corrected chi connectivity index (χ1v) is 10.8. The number of nitrogens with zero attached hydrogens (tertiary/aromatic N) is 3. The van der Waals surface area contributed by atoms with Crippen LogP contribution in [-0.2, 0) is 0 Å². The summed E-state index contributed by atoms with van der Waals surface area (Å²) in [6.45, 7) is 8.72. The zero-order valence-corrected chi connectivity index (χ0v) is 17.4. The molecule has 2 fully saturated rings. The average Bonchev–Trinajstić information content (AvgIpc) is 3.31. The van der Waals surface area contributed by atoms with Crippen molar-refractivity contribution in [3.05, 3.63) is 77.6 Å². The third-order valence-electron chi connectivity index (χ3n) is 7.15. The quantitative estimate of drug-likeness (QED) is 0.722. The van der Waals surface area contributed by atoms with E-state index in [-0.39, 0.29) is 11.5 Å². The second-order valence-corrected chi connectivity index (χ2v) is 9.11. The third-order valence-corrected chi connectivity index (χ3v) is 7.15. The van der Waals surface area contributed by atoms with Crippen molar-refractivity contribution >= 4 is 11.0 Å². The zero-order chi connectivity index (χ0) is 20.5. The van der Waals surface area contributed by atoms with Crippen molar-refractivity contribution in [3.63, 3.8) is 0 Å². The first-order chi connectivity index (χ1) is 14.5. The average molecular weight is 401 g/mol. The van der Waals surface area contributed by atoms with Gasteiger partial charge in [0.25, 0.3) is 0 Å². The van der Waals surface area contributed by atoms with Gasteiger partial charge in [0.05, 0.1) is 22.5 Å². The summed E-state index contributed by atoms with van der Waals surface area (Å²) in [6.07, 6.45) is 7.93. The Labute approximate surface area is 176 Å². The lowest BCUT2D eigenvalue weighted by Crippen LogP contribution is -2.44. The summed E-state index contributed by atoms with van der Waals surface area (Å²) in [6, 6.07) is 8.11. The van der Waals surface area contributed by atoms with E-state index in [0.717, 1.165) is 60.9 Å². The van der Waals surface area contributed by atoms with Crippen LogP contribution in [0, 0.1) is 5.92 Å². The first kappa shape index (κ1) is 17.8. The third kappa shape index (κ3) is 2.63. The number of likely N-dealkylation sites (N-methyl/N-ethyl adjacent to an activating group) is 1. The first-order valence-electron chi connectivity index (χ1n) is 10.8. The number of piperazine rings is 1. The highest BCUT2D eigenvalue weighted by molar-refractivity contribution is 5.75. The molecule has 1 saturated heterocycles. The van der Waals surface area contributed by atoms with Gasteiger partial charge in [-0.15, -0.1) is 0 Å². The van der Waals surface area contributed by atoms with Crippen molar-refractivity contribution in [2.24, 2.45) is 11.7 Å². The Morgan fingerprint density at radius 2 is 1.97 bits per heavy atom. The number of para-hydroxylation sites is 2. The molecule has 6 heteroatoms. The van der Waals surface area contributed by atoms with Crippen LogP contribution >= 0.6 is 0 Å². The van der Waals surface area contributed by atoms with Gasteiger partial charge in [0, 0.05) is 54.8 Å². The summed E-state index contributed by atoms with van der Waals surface area (Å²) in [4.78, 5) is 13.2. The van der Waals surface area contributed by atoms with E-state index >= 15 is 0 Å². The fraction of sp³-hybridized carbons (Fsp3) is 0.375. The van der Waals surface area contributed by atoms with Crippen LogP contribution in [0.2, 0.25) is 0 Å². The minimum absolute atomic E-state index is 0.0772. The van der Waals surface area contributed by atoms with Gasteiger partial charge in [-0.2, -0.15) is 0 Å². The Hall–Kier alpha value is -2.99. The highest BCUT2D eigenvalue weighted by atomic mass is 15.3. The molecule has 3 atom stereocenters. The molecule has 2 aromatic rings. The highest BCUT2D eigenvalue weighted by Crippen LogP contribution is 2.57. The molecule has 3 heterocycles. The molecule has 30 heavy (non-hydrogen) atoms. The number of aromatic amines is 1. The van der Waals surface area contributed by atoms with Crippen LogP contribution in [0.5, 0.6) is 0 Å². The van der Waals surface area contributed by atoms with Gasteiger partial charge in [0.2, 0.25) is 0 Å². The molecule has 6 rings (SSSR count). The van der Waals surface area contributed by atoms with Crippen LogP contribution in [0.4, 0.5) is 0 Å². The standard InChI is InChI=1S/C24H28N6/c1-15-18(23-26-21-5-3-4-6-22(21)27-23)13-20(25)19-12-17(11-16-14-24(16,19)28-15)30-9-7-29(2)8-10-30/h3-6,11-13,16,18,28H,1,7-10,14,25H2,2H3,(H,26,27). The van der Waals surface area contributed by atoms with Crippen LogP contribution in [0.1, 0.15) is 18.2 Å². The van der Waals surface area contributed by atoms with Gasteiger partial charge in [0.1, 0.15) is 5.82 Å². The van der Waals surface area contributed by atoms with Gasteiger partial charge in [-0.1, -0.05) is 24.8 Å². The second kappa shape index (κ2) is 6.25. The number of hydrogen-bond acceptors (Lipinski definition) is 5. The molecule has 2 aliphatic heterocycles. The van der Waals surface area contributed by atoms with Crippen LogP contribution in [0.25, 0.3) is 11.0 Å². The summed E-state index contributed by atoms with van der Waals surface area (Å²) < 4.78 is 0. The number of nitrogens with two attached hydrogens (primary N) is 1. The molecular formula is C24H28N6. The van der Waals surface area contributed by atoms with E-state index in [1.807, 2.05) is 18.2 Å². The number of allylic oxidation sites excluding steroid dienone is 2. The van der Waals surface area contributed by atoms with Crippen molar-refractivity contribution in [1.29, 1.82) is 0 Å². The maximum Gasteiger partial charge on any atom is 0.120 e. The van der Waals surface area contributed by atoms with E-state index in [1.165, 1.54) is 11.3 Å². The Kier molecular flexibility index (Phi) is 3.72. The summed E-state index contributed by atoms with van der Waals surface area (Å²) in [5, 5.41) is 3.76. The molecule has 1 spiro atoms. The number of fused-ring (bicyclic) bond motifs is 1. The molecule has 4 N–H and O–H groups in total. The van der Waals surface area contributed by atoms with Crippen LogP contribution < -0.4 is 11.1 Å². The predicted molar refractivity (Wildman–Crippen MR) is 119 cm³/mol. The minimum atomic E-state index is -0.103. The van der Waals surface area contributed by atoms with E-state index in [1.54, 1.807) is 0 Å². The minimum Gasteiger partial charge on any atom is -0.399 e. The zero-order valence-electron chi connectivity index (χ0n) is 17.4. The van der Waals surface area contributed by atoms with E-state index in [9.17, 15) is 0 Å².